The Morgan fingerprint density at radius 3 is 2.53 bits per heavy atom. The number of fused-ring (bicyclic) bond motifs is 2. The van der Waals surface area contributed by atoms with Crippen molar-refractivity contribution in [1.29, 1.82) is 0 Å². The number of halogens is 2. The van der Waals surface area contributed by atoms with Crippen LogP contribution in [-0.2, 0) is 12.8 Å². The molecular weight excluding hydrogens is 542 g/mol. The zero-order valence-corrected chi connectivity index (χ0v) is 22.5. The van der Waals surface area contributed by atoms with Gasteiger partial charge >= 0.3 is 0 Å². The predicted octanol–water partition coefficient (Wildman–Crippen LogP) is 7.31. The lowest BCUT2D eigenvalue weighted by Crippen LogP contribution is -2.13. The van der Waals surface area contributed by atoms with Crippen molar-refractivity contribution in [2.24, 2.45) is 0 Å². The summed E-state index contributed by atoms with van der Waals surface area (Å²) >= 11 is 3.43. The molecule has 0 saturated carbocycles. The van der Waals surface area contributed by atoms with Gasteiger partial charge in [-0.3, -0.25) is 9.78 Å². The van der Waals surface area contributed by atoms with Crippen molar-refractivity contribution >= 4 is 62.2 Å². The molecule has 6 nitrogen and oxygen atoms in total. The summed E-state index contributed by atoms with van der Waals surface area (Å²) in [4.78, 5) is 18.0. The highest BCUT2D eigenvalue weighted by molar-refractivity contribution is 9.10. The van der Waals surface area contributed by atoms with Crippen LogP contribution in [0.25, 0.3) is 10.9 Å². The maximum Gasteiger partial charge on any atom is 0.255 e. The standard InChI is InChI=1S/C28H26BrN3O3.ClH/c1-34-25-10-6-5-9-24(25)32-27-19-7-3-4-8-22(19)31-23-14-12-18(16-20(23)27)30-28(33)17-11-13-21(29)26(15-17)35-2;/h5-6,9-16H,3-4,7-8H2,1-2H3,(H,30,33)(H,31,32);1H. The quantitative estimate of drug-likeness (QED) is 0.255. The van der Waals surface area contributed by atoms with Gasteiger partial charge in [0, 0.05) is 22.3 Å². The fraction of sp³-hybridized carbons (Fsp3) is 0.214. The molecule has 0 saturated heterocycles. The van der Waals surface area contributed by atoms with Gasteiger partial charge in [0.25, 0.3) is 5.91 Å². The number of nitrogens with one attached hydrogen (secondary N) is 2. The van der Waals surface area contributed by atoms with Crippen molar-refractivity contribution in [3.05, 3.63) is 82.0 Å². The first kappa shape index (κ1) is 25.8. The van der Waals surface area contributed by atoms with E-state index in [2.05, 4.69) is 26.6 Å². The third-order valence-corrected chi connectivity index (χ3v) is 6.95. The molecule has 1 aliphatic rings. The second-order valence-electron chi connectivity index (χ2n) is 8.48. The Hall–Kier alpha value is -3.29. The van der Waals surface area contributed by atoms with Crippen molar-refractivity contribution in [2.45, 2.75) is 25.7 Å². The number of amides is 1. The van der Waals surface area contributed by atoms with E-state index < -0.39 is 0 Å². The monoisotopic (exact) mass is 567 g/mol. The van der Waals surface area contributed by atoms with Gasteiger partial charge in [0.15, 0.2) is 0 Å². The highest BCUT2D eigenvalue weighted by Crippen LogP contribution is 2.38. The van der Waals surface area contributed by atoms with Gasteiger partial charge < -0.3 is 20.1 Å². The summed E-state index contributed by atoms with van der Waals surface area (Å²) in [5.74, 6) is 1.17. The van der Waals surface area contributed by atoms with E-state index in [1.54, 1.807) is 32.4 Å². The van der Waals surface area contributed by atoms with Gasteiger partial charge in [-0.25, -0.2) is 0 Å². The summed E-state index contributed by atoms with van der Waals surface area (Å²) in [7, 11) is 3.25. The van der Waals surface area contributed by atoms with Gasteiger partial charge in [0.2, 0.25) is 0 Å². The molecule has 4 aromatic rings. The SMILES string of the molecule is COc1cc(C(=O)Nc2ccc3nc4c(c(Nc5ccccc5OC)c3c2)CCCC4)ccc1Br.Cl. The molecule has 0 bridgehead atoms. The van der Waals surface area contributed by atoms with Crippen LogP contribution in [-0.4, -0.2) is 25.1 Å². The Bertz CT molecular complexity index is 1430. The maximum atomic E-state index is 13.0. The fourth-order valence-electron chi connectivity index (χ4n) is 4.53. The van der Waals surface area contributed by atoms with Crippen LogP contribution in [0.4, 0.5) is 17.1 Å². The van der Waals surface area contributed by atoms with Crippen molar-refractivity contribution in [3.8, 4) is 11.5 Å². The molecular formula is C28H27BrClN3O3. The summed E-state index contributed by atoms with van der Waals surface area (Å²) in [6, 6.07) is 19.0. The lowest BCUT2D eigenvalue weighted by molar-refractivity contribution is 0.102. The van der Waals surface area contributed by atoms with E-state index >= 15 is 0 Å². The molecule has 0 spiro atoms. The molecule has 5 rings (SSSR count). The van der Waals surface area contributed by atoms with E-state index in [0.717, 1.165) is 63.9 Å². The van der Waals surface area contributed by atoms with Crippen LogP contribution in [0.2, 0.25) is 0 Å². The maximum absolute atomic E-state index is 13.0. The fourth-order valence-corrected chi connectivity index (χ4v) is 4.94. The Morgan fingerprint density at radius 1 is 0.944 bits per heavy atom. The summed E-state index contributed by atoms with van der Waals surface area (Å²) in [5.41, 5.74) is 6.40. The predicted molar refractivity (Wildman–Crippen MR) is 151 cm³/mol. The second kappa shape index (κ2) is 11.2. The van der Waals surface area contributed by atoms with Gasteiger partial charge in [-0.05, 0) is 95.7 Å². The normalized spacial score (nSPS) is 12.3. The third-order valence-electron chi connectivity index (χ3n) is 6.30. The van der Waals surface area contributed by atoms with E-state index in [1.807, 2.05) is 42.5 Å². The van der Waals surface area contributed by atoms with Crippen molar-refractivity contribution in [3.63, 3.8) is 0 Å². The average Bonchev–Trinajstić information content (AvgIpc) is 2.89. The van der Waals surface area contributed by atoms with E-state index in [9.17, 15) is 4.79 Å². The molecule has 186 valence electrons. The van der Waals surface area contributed by atoms with Crippen LogP contribution in [0.15, 0.2) is 65.1 Å². The minimum atomic E-state index is -0.208. The summed E-state index contributed by atoms with van der Waals surface area (Å²) in [6.07, 6.45) is 4.20. The molecule has 0 aliphatic heterocycles. The number of aromatic nitrogens is 1. The smallest absolute Gasteiger partial charge is 0.255 e. The first-order valence-corrected chi connectivity index (χ1v) is 12.4. The van der Waals surface area contributed by atoms with Crippen molar-refractivity contribution in [1.82, 2.24) is 4.98 Å². The van der Waals surface area contributed by atoms with E-state index in [-0.39, 0.29) is 18.3 Å². The number of pyridine rings is 1. The zero-order valence-electron chi connectivity index (χ0n) is 20.1. The number of aryl methyl sites for hydroxylation is 1. The van der Waals surface area contributed by atoms with Crippen LogP contribution in [0, 0.1) is 0 Å². The topological polar surface area (TPSA) is 72.5 Å². The summed E-state index contributed by atoms with van der Waals surface area (Å²) < 4.78 is 11.7. The first-order chi connectivity index (χ1) is 17.1. The third kappa shape index (κ3) is 5.13. The van der Waals surface area contributed by atoms with Crippen LogP contribution >= 0.6 is 28.3 Å². The minimum Gasteiger partial charge on any atom is -0.496 e. The summed E-state index contributed by atoms with van der Waals surface area (Å²) in [6.45, 7) is 0. The van der Waals surface area contributed by atoms with Gasteiger partial charge in [-0.2, -0.15) is 0 Å². The molecule has 1 heterocycles. The number of ether oxygens (including phenoxy) is 2. The Kier molecular flexibility index (Phi) is 8.01. The number of benzene rings is 3. The number of rotatable bonds is 6. The highest BCUT2D eigenvalue weighted by atomic mass is 79.9. The number of anilines is 3. The molecule has 8 heteroatoms. The number of carbonyl (C=O) groups is 1. The van der Waals surface area contributed by atoms with E-state index in [4.69, 9.17) is 14.5 Å². The minimum absolute atomic E-state index is 0. The molecule has 1 aliphatic carbocycles. The van der Waals surface area contributed by atoms with E-state index in [1.165, 1.54) is 5.56 Å². The van der Waals surface area contributed by atoms with Crippen molar-refractivity contribution in [2.75, 3.05) is 24.9 Å². The number of hydrogen-bond acceptors (Lipinski definition) is 5. The Balaban J connectivity index is 0.00000304. The zero-order chi connectivity index (χ0) is 24.4. The lowest BCUT2D eigenvalue weighted by atomic mass is 9.92. The molecule has 0 fully saturated rings. The number of carbonyl (C=O) groups excluding carboxylic acids is 1. The number of hydrogen-bond donors (Lipinski definition) is 2. The van der Waals surface area contributed by atoms with E-state index in [0.29, 0.717) is 17.0 Å². The molecule has 0 atom stereocenters. The molecule has 3 aromatic carbocycles. The highest BCUT2D eigenvalue weighted by Gasteiger charge is 2.20. The molecule has 2 N–H and O–H groups in total. The van der Waals surface area contributed by atoms with Gasteiger partial charge in [-0.1, -0.05) is 12.1 Å². The number of para-hydroxylation sites is 2. The summed E-state index contributed by atoms with van der Waals surface area (Å²) in [5, 5.41) is 7.61. The molecule has 36 heavy (non-hydrogen) atoms. The number of methoxy groups -OCH3 is 2. The van der Waals surface area contributed by atoms with Gasteiger partial charge in [0.1, 0.15) is 11.5 Å². The van der Waals surface area contributed by atoms with Crippen molar-refractivity contribution < 1.29 is 14.3 Å². The Labute approximate surface area is 225 Å². The van der Waals surface area contributed by atoms with Crippen LogP contribution in [0.1, 0.15) is 34.5 Å². The van der Waals surface area contributed by atoms with Gasteiger partial charge in [-0.15, -0.1) is 12.4 Å². The molecule has 1 amide bonds. The van der Waals surface area contributed by atoms with Crippen LogP contribution in [0.3, 0.4) is 0 Å². The molecule has 0 unspecified atom stereocenters. The average molecular weight is 569 g/mol. The number of nitrogens with zero attached hydrogens (tertiary/aromatic N) is 1. The van der Waals surface area contributed by atoms with Crippen LogP contribution in [0.5, 0.6) is 11.5 Å². The largest absolute Gasteiger partial charge is 0.496 e. The lowest BCUT2D eigenvalue weighted by Gasteiger charge is -2.23. The molecule has 1 aromatic heterocycles. The molecule has 0 radical (unpaired) electrons. The van der Waals surface area contributed by atoms with Gasteiger partial charge in [0.05, 0.1) is 35.6 Å². The first-order valence-electron chi connectivity index (χ1n) is 11.6. The second-order valence-corrected chi connectivity index (χ2v) is 9.33. The Morgan fingerprint density at radius 2 is 1.72 bits per heavy atom. The van der Waals surface area contributed by atoms with Crippen LogP contribution < -0.4 is 20.1 Å².